The summed E-state index contributed by atoms with van der Waals surface area (Å²) in [4.78, 5) is 0. The van der Waals surface area contributed by atoms with Crippen molar-refractivity contribution >= 4 is 23.1 Å². The quantitative estimate of drug-likeness (QED) is 0.591. The first-order chi connectivity index (χ1) is 12.1. The van der Waals surface area contributed by atoms with Gasteiger partial charge in [0.15, 0.2) is 0 Å². The molecule has 0 amide bonds. The second-order valence-electron chi connectivity index (χ2n) is 5.68. The van der Waals surface area contributed by atoms with Crippen LogP contribution in [0.3, 0.4) is 0 Å². The van der Waals surface area contributed by atoms with Gasteiger partial charge in [0.05, 0.1) is 18.4 Å². The SMILES string of the molecule is COC(=S)N(O)c1ccc(C(F)(F)F)cc1COc1ccc(C)cc1C. The van der Waals surface area contributed by atoms with Crippen molar-refractivity contribution in [3.8, 4) is 5.75 Å². The summed E-state index contributed by atoms with van der Waals surface area (Å²) in [5.74, 6) is 0.540. The predicted octanol–water partition coefficient (Wildman–Crippen LogP) is 5.03. The molecule has 2 aromatic rings. The van der Waals surface area contributed by atoms with Gasteiger partial charge in [-0.15, -0.1) is 0 Å². The maximum absolute atomic E-state index is 13.0. The Hall–Kier alpha value is -2.32. The Kier molecular flexibility index (Phi) is 6.09. The molecule has 0 aliphatic carbocycles. The predicted molar refractivity (Wildman–Crippen MR) is 95.6 cm³/mol. The number of thiocarbonyl (C=S) groups is 1. The Morgan fingerprint density at radius 2 is 1.85 bits per heavy atom. The first kappa shape index (κ1) is 20.0. The Bertz CT molecular complexity index is 809. The van der Waals surface area contributed by atoms with Gasteiger partial charge in [-0.25, -0.2) is 0 Å². The average Bonchev–Trinajstić information content (AvgIpc) is 2.58. The zero-order valence-corrected chi connectivity index (χ0v) is 15.2. The summed E-state index contributed by atoms with van der Waals surface area (Å²) in [6.07, 6.45) is -4.52. The highest BCUT2D eigenvalue weighted by Gasteiger charge is 2.31. The number of aryl methyl sites for hydroxylation is 2. The number of benzene rings is 2. The molecule has 0 fully saturated rings. The molecule has 0 spiro atoms. The second kappa shape index (κ2) is 7.92. The molecule has 0 aliphatic rings. The summed E-state index contributed by atoms with van der Waals surface area (Å²) in [6.45, 7) is 3.58. The van der Waals surface area contributed by atoms with E-state index in [0.717, 1.165) is 29.3 Å². The zero-order valence-electron chi connectivity index (χ0n) is 14.4. The largest absolute Gasteiger partial charge is 0.489 e. The molecule has 2 rings (SSSR count). The summed E-state index contributed by atoms with van der Waals surface area (Å²) in [5.41, 5.74) is 1.21. The fourth-order valence-electron chi connectivity index (χ4n) is 2.39. The van der Waals surface area contributed by atoms with Crippen molar-refractivity contribution in [1.82, 2.24) is 0 Å². The van der Waals surface area contributed by atoms with Crippen LogP contribution in [-0.4, -0.2) is 17.5 Å². The third kappa shape index (κ3) is 4.64. The Balaban J connectivity index is 2.37. The molecule has 4 nitrogen and oxygen atoms in total. The number of halogens is 3. The van der Waals surface area contributed by atoms with Gasteiger partial charge in [-0.3, -0.25) is 5.21 Å². The summed E-state index contributed by atoms with van der Waals surface area (Å²) in [5, 5.41) is 10.3. The minimum atomic E-state index is -4.52. The van der Waals surface area contributed by atoms with Crippen molar-refractivity contribution in [1.29, 1.82) is 0 Å². The van der Waals surface area contributed by atoms with E-state index in [1.54, 1.807) is 6.07 Å². The number of alkyl halides is 3. The average molecular weight is 385 g/mol. The van der Waals surface area contributed by atoms with Gasteiger partial charge in [0.2, 0.25) is 0 Å². The molecule has 0 saturated carbocycles. The van der Waals surface area contributed by atoms with Crippen LogP contribution in [0.25, 0.3) is 0 Å². The number of nitrogens with zero attached hydrogens (tertiary/aromatic N) is 1. The second-order valence-corrected chi connectivity index (χ2v) is 6.03. The first-order valence-electron chi connectivity index (χ1n) is 7.60. The Labute approximate surface area is 154 Å². The van der Waals surface area contributed by atoms with Crippen LogP contribution >= 0.6 is 12.2 Å². The van der Waals surface area contributed by atoms with Gasteiger partial charge < -0.3 is 9.47 Å². The highest BCUT2D eigenvalue weighted by molar-refractivity contribution is 7.80. The van der Waals surface area contributed by atoms with Crippen molar-refractivity contribution in [3.63, 3.8) is 0 Å². The van der Waals surface area contributed by atoms with E-state index in [1.807, 2.05) is 26.0 Å². The van der Waals surface area contributed by atoms with Crippen LogP contribution in [0.15, 0.2) is 36.4 Å². The van der Waals surface area contributed by atoms with E-state index in [-0.39, 0.29) is 23.0 Å². The number of rotatable bonds is 4. The number of methoxy groups -OCH3 is 1. The minimum Gasteiger partial charge on any atom is -0.489 e. The van der Waals surface area contributed by atoms with Crippen molar-refractivity contribution in [2.45, 2.75) is 26.6 Å². The van der Waals surface area contributed by atoms with Gasteiger partial charge in [0.1, 0.15) is 12.4 Å². The molecule has 0 bridgehead atoms. The van der Waals surface area contributed by atoms with Gasteiger partial charge in [-0.1, -0.05) is 17.7 Å². The highest BCUT2D eigenvalue weighted by Crippen LogP contribution is 2.33. The topological polar surface area (TPSA) is 41.9 Å². The first-order valence-corrected chi connectivity index (χ1v) is 8.01. The lowest BCUT2D eigenvalue weighted by Crippen LogP contribution is -2.28. The van der Waals surface area contributed by atoms with Crippen LogP contribution in [0.2, 0.25) is 0 Å². The fourth-order valence-corrected chi connectivity index (χ4v) is 2.48. The monoisotopic (exact) mass is 385 g/mol. The highest BCUT2D eigenvalue weighted by atomic mass is 32.1. The standard InChI is InChI=1S/C18H18F3NO3S/c1-11-4-7-16(12(2)8-11)25-10-13-9-14(18(19,20)21)5-6-15(13)22(23)17(26)24-3/h4-9,23H,10H2,1-3H3. The van der Waals surface area contributed by atoms with Gasteiger partial charge in [0.25, 0.3) is 5.17 Å². The van der Waals surface area contributed by atoms with E-state index in [1.165, 1.54) is 7.11 Å². The van der Waals surface area contributed by atoms with E-state index in [0.29, 0.717) is 10.8 Å². The molecular weight excluding hydrogens is 367 g/mol. The molecule has 8 heteroatoms. The lowest BCUT2D eigenvalue weighted by molar-refractivity contribution is -0.137. The lowest BCUT2D eigenvalue weighted by Gasteiger charge is -2.21. The van der Waals surface area contributed by atoms with E-state index in [2.05, 4.69) is 0 Å². The van der Waals surface area contributed by atoms with Gasteiger partial charge >= 0.3 is 6.18 Å². The lowest BCUT2D eigenvalue weighted by atomic mass is 10.1. The van der Waals surface area contributed by atoms with Crippen LogP contribution in [0.5, 0.6) is 5.75 Å². The normalized spacial score (nSPS) is 11.2. The van der Waals surface area contributed by atoms with Crippen molar-refractivity contribution < 1.29 is 27.9 Å². The van der Waals surface area contributed by atoms with E-state index in [9.17, 15) is 18.4 Å². The smallest absolute Gasteiger partial charge is 0.416 e. The van der Waals surface area contributed by atoms with E-state index in [4.69, 9.17) is 21.7 Å². The van der Waals surface area contributed by atoms with E-state index >= 15 is 0 Å². The third-order valence-electron chi connectivity index (χ3n) is 3.70. The summed E-state index contributed by atoms with van der Waals surface area (Å²) >= 11 is 4.83. The molecule has 0 aliphatic heterocycles. The van der Waals surface area contributed by atoms with Crippen LogP contribution in [0, 0.1) is 13.8 Å². The number of anilines is 1. The van der Waals surface area contributed by atoms with Gasteiger partial charge in [0, 0.05) is 5.56 Å². The summed E-state index contributed by atoms with van der Waals surface area (Å²) in [6, 6.07) is 8.38. The maximum Gasteiger partial charge on any atom is 0.416 e. The molecule has 0 heterocycles. The van der Waals surface area contributed by atoms with Gasteiger partial charge in [-0.05, 0) is 55.9 Å². The molecular formula is C18H18F3NO3S. The molecule has 26 heavy (non-hydrogen) atoms. The van der Waals surface area contributed by atoms with Crippen molar-refractivity contribution in [2.75, 3.05) is 12.2 Å². The molecule has 1 N–H and O–H groups in total. The number of ether oxygens (including phenoxy) is 2. The number of hydroxylamine groups is 1. The molecule has 0 aromatic heterocycles. The van der Waals surface area contributed by atoms with Crippen molar-refractivity contribution in [2.24, 2.45) is 0 Å². The van der Waals surface area contributed by atoms with Crippen LogP contribution in [-0.2, 0) is 17.5 Å². The molecule has 0 saturated heterocycles. The number of hydrogen-bond acceptors (Lipinski definition) is 4. The molecule has 2 aromatic carbocycles. The third-order valence-corrected chi connectivity index (χ3v) is 4.04. The van der Waals surface area contributed by atoms with Crippen molar-refractivity contribution in [3.05, 3.63) is 58.7 Å². The zero-order chi connectivity index (χ0) is 19.5. The van der Waals surface area contributed by atoms with E-state index < -0.39 is 11.7 Å². The molecule has 140 valence electrons. The molecule has 0 atom stereocenters. The Morgan fingerprint density at radius 1 is 1.15 bits per heavy atom. The number of hydrogen-bond donors (Lipinski definition) is 1. The fraction of sp³-hybridized carbons (Fsp3) is 0.278. The van der Waals surface area contributed by atoms with Gasteiger partial charge in [-0.2, -0.15) is 18.2 Å². The summed E-state index contributed by atoms with van der Waals surface area (Å²) < 4.78 is 49.5. The van der Waals surface area contributed by atoms with Crippen LogP contribution < -0.4 is 9.80 Å². The maximum atomic E-state index is 13.0. The minimum absolute atomic E-state index is 0.0506. The summed E-state index contributed by atoms with van der Waals surface area (Å²) in [7, 11) is 1.25. The molecule has 0 radical (unpaired) electrons. The van der Waals surface area contributed by atoms with Crippen LogP contribution in [0.1, 0.15) is 22.3 Å². The molecule has 0 unspecified atom stereocenters. The van der Waals surface area contributed by atoms with Crippen LogP contribution in [0.4, 0.5) is 18.9 Å². The Morgan fingerprint density at radius 3 is 2.42 bits per heavy atom.